The lowest BCUT2D eigenvalue weighted by Gasteiger charge is -2.38. The van der Waals surface area contributed by atoms with Crippen molar-refractivity contribution >= 4 is 5.97 Å². The highest BCUT2D eigenvalue weighted by molar-refractivity contribution is 5.74. The average molecular weight is 325 g/mol. The monoisotopic (exact) mass is 325 g/mol. The fourth-order valence-electron chi connectivity index (χ4n) is 4.52. The van der Waals surface area contributed by atoms with Crippen LogP contribution < -0.4 is 0 Å². The Balaban J connectivity index is 1.96. The molecule has 1 N–H and O–H groups in total. The largest absolute Gasteiger partial charge is 0.464 e. The van der Waals surface area contributed by atoms with E-state index in [1.807, 2.05) is 0 Å². The highest BCUT2D eigenvalue weighted by Gasteiger charge is 2.48. The van der Waals surface area contributed by atoms with Crippen molar-refractivity contribution in [2.24, 2.45) is 11.8 Å². The first-order valence-electron chi connectivity index (χ1n) is 9.72. The second kappa shape index (κ2) is 9.03. The molecule has 0 bridgehead atoms. The van der Waals surface area contributed by atoms with Crippen LogP contribution in [-0.2, 0) is 9.53 Å². The minimum Gasteiger partial charge on any atom is -0.464 e. The van der Waals surface area contributed by atoms with Crippen molar-refractivity contribution in [1.82, 2.24) is 4.90 Å². The van der Waals surface area contributed by atoms with E-state index in [0.29, 0.717) is 12.5 Å². The number of carbonyl (C=O) groups excluding carboxylic acids is 1. The average Bonchev–Trinajstić information content (AvgIpc) is 3.00. The van der Waals surface area contributed by atoms with Crippen LogP contribution in [0.3, 0.4) is 0 Å². The minimum absolute atomic E-state index is 0.145. The van der Waals surface area contributed by atoms with Crippen molar-refractivity contribution in [2.45, 2.75) is 77.2 Å². The number of esters is 1. The van der Waals surface area contributed by atoms with Crippen LogP contribution in [0.15, 0.2) is 0 Å². The first-order chi connectivity index (χ1) is 11.1. The van der Waals surface area contributed by atoms with Crippen molar-refractivity contribution in [2.75, 3.05) is 26.2 Å². The summed E-state index contributed by atoms with van der Waals surface area (Å²) in [5.41, 5.74) is -0.811. The van der Waals surface area contributed by atoms with E-state index < -0.39 is 5.60 Å². The van der Waals surface area contributed by atoms with E-state index in [1.54, 1.807) is 0 Å². The molecule has 0 saturated heterocycles. The highest BCUT2D eigenvalue weighted by atomic mass is 16.5. The Bertz CT molecular complexity index is 356. The third kappa shape index (κ3) is 4.93. The van der Waals surface area contributed by atoms with Gasteiger partial charge in [-0.2, -0.15) is 0 Å². The maximum Gasteiger partial charge on any atom is 0.312 e. The Morgan fingerprint density at radius 1 is 1.13 bits per heavy atom. The topological polar surface area (TPSA) is 49.8 Å². The second-order valence-electron chi connectivity index (χ2n) is 7.38. The molecule has 2 aliphatic rings. The third-order valence-electron chi connectivity index (χ3n) is 5.97. The van der Waals surface area contributed by atoms with E-state index in [1.165, 1.54) is 19.3 Å². The Kier molecular flexibility index (Phi) is 7.35. The minimum atomic E-state index is -0.811. The summed E-state index contributed by atoms with van der Waals surface area (Å²) in [6.45, 7) is 7.43. The second-order valence-corrected chi connectivity index (χ2v) is 7.38. The van der Waals surface area contributed by atoms with Crippen LogP contribution in [0.25, 0.3) is 0 Å². The Hall–Kier alpha value is -0.610. The van der Waals surface area contributed by atoms with Gasteiger partial charge in [-0.1, -0.05) is 46.0 Å². The Morgan fingerprint density at radius 3 is 2.30 bits per heavy atom. The van der Waals surface area contributed by atoms with Crippen molar-refractivity contribution in [3.8, 4) is 0 Å². The molecule has 2 fully saturated rings. The quantitative estimate of drug-likeness (QED) is 0.695. The molecule has 0 amide bonds. The SMILES string of the molecule is CCN(CC)CCOC(=O)C(C1CCCCC1)C1(O)CCCC1. The molecule has 2 saturated carbocycles. The summed E-state index contributed by atoms with van der Waals surface area (Å²) in [6, 6.07) is 0. The zero-order valence-corrected chi connectivity index (χ0v) is 15.1. The van der Waals surface area contributed by atoms with Crippen molar-refractivity contribution in [1.29, 1.82) is 0 Å². The van der Waals surface area contributed by atoms with Gasteiger partial charge in [-0.3, -0.25) is 4.79 Å². The molecule has 0 aliphatic heterocycles. The lowest BCUT2D eigenvalue weighted by molar-refractivity contribution is -0.164. The van der Waals surface area contributed by atoms with Crippen molar-refractivity contribution < 1.29 is 14.6 Å². The molecular formula is C19H35NO3. The van der Waals surface area contributed by atoms with Gasteiger partial charge in [0.1, 0.15) is 6.61 Å². The molecule has 134 valence electrons. The number of nitrogens with zero attached hydrogens (tertiary/aromatic N) is 1. The summed E-state index contributed by atoms with van der Waals surface area (Å²) < 4.78 is 5.63. The van der Waals surface area contributed by atoms with E-state index in [2.05, 4.69) is 18.7 Å². The summed E-state index contributed by atoms with van der Waals surface area (Å²) in [5, 5.41) is 11.1. The molecular weight excluding hydrogens is 290 g/mol. The van der Waals surface area contributed by atoms with Crippen molar-refractivity contribution in [3.63, 3.8) is 0 Å². The zero-order chi connectivity index (χ0) is 16.7. The molecule has 0 aromatic rings. The molecule has 0 radical (unpaired) electrons. The number of aliphatic hydroxyl groups is 1. The van der Waals surface area contributed by atoms with E-state index in [9.17, 15) is 9.90 Å². The number of rotatable bonds is 8. The van der Waals surface area contributed by atoms with Gasteiger partial charge in [-0.15, -0.1) is 0 Å². The van der Waals surface area contributed by atoms with Gasteiger partial charge in [0.15, 0.2) is 0 Å². The summed E-state index contributed by atoms with van der Waals surface area (Å²) in [6.07, 6.45) is 9.36. The molecule has 2 rings (SSSR count). The van der Waals surface area contributed by atoms with Gasteiger partial charge < -0.3 is 14.7 Å². The first kappa shape index (κ1) is 18.7. The summed E-state index contributed by atoms with van der Waals surface area (Å²) >= 11 is 0. The molecule has 23 heavy (non-hydrogen) atoms. The van der Waals surface area contributed by atoms with Crippen LogP contribution in [-0.4, -0.2) is 47.8 Å². The van der Waals surface area contributed by atoms with Gasteiger partial charge in [-0.05, 0) is 44.7 Å². The molecule has 4 heteroatoms. The lowest BCUT2D eigenvalue weighted by atomic mass is 9.71. The summed E-state index contributed by atoms with van der Waals surface area (Å²) in [7, 11) is 0. The first-order valence-corrected chi connectivity index (χ1v) is 9.72. The zero-order valence-electron chi connectivity index (χ0n) is 15.1. The molecule has 0 aromatic carbocycles. The highest BCUT2D eigenvalue weighted by Crippen LogP contribution is 2.44. The number of carbonyl (C=O) groups is 1. The third-order valence-corrected chi connectivity index (χ3v) is 5.97. The fraction of sp³-hybridized carbons (Fsp3) is 0.947. The van der Waals surface area contributed by atoms with Gasteiger partial charge >= 0.3 is 5.97 Å². The smallest absolute Gasteiger partial charge is 0.312 e. The number of hydrogen-bond donors (Lipinski definition) is 1. The van der Waals surface area contributed by atoms with Crippen LogP contribution in [0.1, 0.15) is 71.6 Å². The molecule has 1 unspecified atom stereocenters. The predicted molar refractivity (Wildman–Crippen MR) is 92.2 cm³/mol. The normalized spacial score (nSPS) is 23.1. The van der Waals surface area contributed by atoms with E-state index in [-0.39, 0.29) is 11.9 Å². The molecule has 4 nitrogen and oxygen atoms in total. The maximum absolute atomic E-state index is 12.8. The molecule has 2 aliphatic carbocycles. The molecule has 0 heterocycles. The molecule has 1 atom stereocenters. The Morgan fingerprint density at radius 2 is 1.74 bits per heavy atom. The molecule has 0 aromatic heterocycles. The summed E-state index contributed by atoms with van der Waals surface area (Å²) in [5.74, 6) is -0.136. The van der Waals surface area contributed by atoms with Gasteiger partial charge in [0.2, 0.25) is 0 Å². The van der Waals surface area contributed by atoms with Crippen molar-refractivity contribution in [3.05, 3.63) is 0 Å². The standard InChI is InChI=1S/C19H35NO3/c1-3-20(4-2)14-15-23-18(21)17(16-10-6-5-7-11-16)19(22)12-8-9-13-19/h16-17,22H,3-15H2,1-2H3. The van der Waals surface area contributed by atoms with Crippen LogP contribution in [0.4, 0.5) is 0 Å². The van der Waals surface area contributed by atoms with E-state index in [0.717, 1.165) is 58.2 Å². The van der Waals surface area contributed by atoms with Gasteiger partial charge in [0, 0.05) is 6.54 Å². The van der Waals surface area contributed by atoms with Crippen LogP contribution in [0.2, 0.25) is 0 Å². The lowest BCUT2D eigenvalue weighted by Crippen LogP contribution is -2.46. The van der Waals surface area contributed by atoms with Crippen LogP contribution in [0, 0.1) is 11.8 Å². The fourth-order valence-corrected chi connectivity index (χ4v) is 4.52. The van der Waals surface area contributed by atoms with E-state index in [4.69, 9.17) is 4.74 Å². The predicted octanol–water partition coefficient (Wildman–Crippen LogP) is 3.37. The van der Waals surface area contributed by atoms with E-state index >= 15 is 0 Å². The summed E-state index contributed by atoms with van der Waals surface area (Å²) in [4.78, 5) is 15.0. The number of likely N-dealkylation sites (N-methyl/N-ethyl adjacent to an activating group) is 1. The van der Waals surface area contributed by atoms with Crippen LogP contribution >= 0.6 is 0 Å². The van der Waals surface area contributed by atoms with Gasteiger partial charge in [-0.25, -0.2) is 0 Å². The molecule has 0 spiro atoms. The number of hydrogen-bond acceptors (Lipinski definition) is 4. The van der Waals surface area contributed by atoms with Gasteiger partial charge in [0.25, 0.3) is 0 Å². The number of ether oxygens (including phenoxy) is 1. The van der Waals surface area contributed by atoms with Crippen LogP contribution in [0.5, 0.6) is 0 Å². The maximum atomic E-state index is 12.8. The van der Waals surface area contributed by atoms with Gasteiger partial charge in [0.05, 0.1) is 11.5 Å². The Labute approximate surface area is 141 Å².